The van der Waals surface area contributed by atoms with Crippen LogP contribution < -0.4 is 5.32 Å². The van der Waals surface area contributed by atoms with Gasteiger partial charge in [-0.2, -0.15) is 11.3 Å². The van der Waals surface area contributed by atoms with Crippen molar-refractivity contribution in [3.05, 3.63) is 22.4 Å². The predicted octanol–water partition coefficient (Wildman–Crippen LogP) is 2.05. The fourth-order valence-electron chi connectivity index (χ4n) is 1.77. The van der Waals surface area contributed by atoms with Crippen LogP contribution in [-0.4, -0.2) is 24.7 Å². The maximum absolute atomic E-state index is 11.7. The number of ether oxygens (including phenoxy) is 1. The minimum atomic E-state index is -0.000694. The molecule has 0 bridgehead atoms. The molecule has 2 rings (SSSR count). The monoisotopic (exact) mass is 225 g/mol. The molecule has 1 aromatic rings. The van der Waals surface area contributed by atoms with E-state index in [9.17, 15) is 4.79 Å². The second-order valence-electron chi connectivity index (χ2n) is 3.83. The molecule has 2 atom stereocenters. The van der Waals surface area contributed by atoms with Crippen molar-refractivity contribution in [2.45, 2.75) is 31.9 Å². The second kappa shape index (κ2) is 4.77. The summed E-state index contributed by atoms with van der Waals surface area (Å²) in [5.74, 6) is -0.000694. The smallest absolute Gasteiger partial charge is 0.252 e. The van der Waals surface area contributed by atoms with Gasteiger partial charge in [0.15, 0.2) is 0 Å². The van der Waals surface area contributed by atoms with E-state index in [1.807, 2.05) is 23.8 Å². The molecule has 1 N–H and O–H groups in total. The molecular weight excluding hydrogens is 210 g/mol. The number of rotatable bonds is 3. The molecule has 0 spiro atoms. The third-order valence-electron chi connectivity index (χ3n) is 2.66. The molecule has 1 aromatic heterocycles. The Labute approximate surface area is 93.4 Å². The molecule has 0 saturated carbocycles. The van der Waals surface area contributed by atoms with Crippen molar-refractivity contribution in [3.63, 3.8) is 0 Å². The Hall–Kier alpha value is -0.870. The minimum Gasteiger partial charge on any atom is -0.376 e. The van der Waals surface area contributed by atoms with Gasteiger partial charge in [-0.25, -0.2) is 0 Å². The van der Waals surface area contributed by atoms with Gasteiger partial charge in [0.05, 0.1) is 12.1 Å². The van der Waals surface area contributed by atoms with Crippen molar-refractivity contribution in [3.8, 4) is 0 Å². The lowest BCUT2D eigenvalue weighted by Crippen LogP contribution is -2.40. The van der Waals surface area contributed by atoms with Crippen molar-refractivity contribution < 1.29 is 9.53 Å². The van der Waals surface area contributed by atoms with E-state index >= 15 is 0 Å². The van der Waals surface area contributed by atoms with Gasteiger partial charge in [-0.15, -0.1) is 0 Å². The van der Waals surface area contributed by atoms with Gasteiger partial charge in [0.1, 0.15) is 0 Å². The number of amides is 1. The van der Waals surface area contributed by atoms with E-state index in [0.717, 1.165) is 25.0 Å². The van der Waals surface area contributed by atoms with Gasteiger partial charge in [-0.05, 0) is 31.2 Å². The SMILES string of the molecule is C[C@H](NC(=O)c1ccsc1)[C@H]1CCCO1. The summed E-state index contributed by atoms with van der Waals surface area (Å²) in [5, 5.41) is 6.73. The number of carbonyl (C=O) groups is 1. The molecular formula is C11H15NO2S. The van der Waals surface area contributed by atoms with Crippen LogP contribution in [0.15, 0.2) is 16.8 Å². The molecule has 0 aliphatic carbocycles. The fourth-order valence-corrected chi connectivity index (χ4v) is 2.41. The van der Waals surface area contributed by atoms with Gasteiger partial charge in [0.2, 0.25) is 0 Å². The maximum atomic E-state index is 11.7. The Morgan fingerprint density at radius 3 is 3.20 bits per heavy atom. The van der Waals surface area contributed by atoms with Crippen LogP contribution in [0.2, 0.25) is 0 Å². The topological polar surface area (TPSA) is 38.3 Å². The Kier molecular flexibility index (Phi) is 3.38. The molecule has 2 heterocycles. The first-order valence-electron chi connectivity index (χ1n) is 5.22. The van der Waals surface area contributed by atoms with Gasteiger partial charge in [0, 0.05) is 17.6 Å². The summed E-state index contributed by atoms with van der Waals surface area (Å²) in [4.78, 5) is 11.7. The van der Waals surface area contributed by atoms with Crippen molar-refractivity contribution in [1.82, 2.24) is 5.32 Å². The van der Waals surface area contributed by atoms with Crippen LogP contribution in [-0.2, 0) is 4.74 Å². The first kappa shape index (κ1) is 10.6. The number of hydrogen-bond acceptors (Lipinski definition) is 3. The lowest BCUT2D eigenvalue weighted by molar-refractivity contribution is 0.0712. The van der Waals surface area contributed by atoms with E-state index in [-0.39, 0.29) is 18.1 Å². The summed E-state index contributed by atoms with van der Waals surface area (Å²) in [6, 6.07) is 1.93. The molecule has 4 heteroatoms. The Bertz CT molecular complexity index is 317. The van der Waals surface area contributed by atoms with Crippen LogP contribution in [0.1, 0.15) is 30.1 Å². The van der Waals surface area contributed by atoms with Gasteiger partial charge >= 0.3 is 0 Å². The zero-order chi connectivity index (χ0) is 10.7. The third kappa shape index (κ3) is 2.58. The molecule has 3 nitrogen and oxygen atoms in total. The summed E-state index contributed by atoms with van der Waals surface area (Å²) < 4.78 is 5.52. The average molecular weight is 225 g/mol. The van der Waals surface area contributed by atoms with E-state index in [2.05, 4.69) is 5.32 Å². The first-order valence-corrected chi connectivity index (χ1v) is 6.16. The second-order valence-corrected chi connectivity index (χ2v) is 4.61. The summed E-state index contributed by atoms with van der Waals surface area (Å²) in [6.07, 6.45) is 2.33. The van der Waals surface area contributed by atoms with Gasteiger partial charge in [-0.1, -0.05) is 0 Å². The van der Waals surface area contributed by atoms with Crippen LogP contribution in [0.5, 0.6) is 0 Å². The molecule has 0 unspecified atom stereocenters. The van der Waals surface area contributed by atoms with Crippen LogP contribution >= 0.6 is 11.3 Å². The van der Waals surface area contributed by atoms with Crippen molar-refractivity contribution in [2.75, 3.05) is 6.61 Å². The number of nitrogens with one attached hydrogen (secondary N) is 1. The van der Waals surface area contributed by atoms with Crippen molar-refractivity contribution >= 4 is 17.2 Å². The van der Waals surface area contributed by atoms with Crippen LogP contribution in [0, 0.1) is 0 Å². The highest BCUT2D eigenvalue weighted by Crippen LogP contribution is 2.16. The lowest BCUT2D eigenvalue weighted by atomic mass is 10.1. The molecule has 1 amide bonds. The molecule has 15 heavy (non-hydrogen) atoms. The summed E-state index contributed by atoms with van der Waals surface area (Å²) in [7, 11) is 0. The molecule has 1 aliphatic heterocycles. The zero-order valence-corrected chi connectivity index (χ0v) is 9.55. The van der Waals surface area contributed by atoms with Gasteiger partial charge in [-0.3, -0.25) is 4.79 Å². The van der Waals surface area contributed by atoms with E-state index in [1.54, 1.807) is 0 Å². The van der Waals surface area contributed by atoms with Crippen LogP contribution in [0.25, 0.3) is 0 Å². The molecule has 1 aliphatic rings. The van der Waals surface area contributed by atoms with E-state index < -0.39 is 0 Å². The van der Waals surface area contributed by atoms with Crippen LogP contribution in [0.4, 0.5) is 0 Å². The normalized spacial score (nSPS) is 22.6. The third-order valence-corrected chi connectivity index (χ3v) is 3.35. The largest absolute Gasteiger partial charge is 0.376 e. The fraction of sp³-hybridized carbons (Fsp3) is 0.545. The highest BCUT2D eigenvalue weighted by atomic mass is 32.1. The van der Waals surface area contributed by atoms with E-state index in [4.69, 9.17) is 4.74 Å². The highest BCUT2D eigenvalue weighted by molar-refractivity contribution is 7.08. The molecule has 0 aromatic carbocycles. The molecule has 1 fully saturated rings. The minimum absolute atomic E-state index is 0.000694. The Balaban J connectivity index is 1.88. The summed E-state index contributed by atoms with van der Waals surface area (Å²) in [6.45, 7) is 2.82. The van der Waals surface area contributed by atoms with Gasteiger partial charge < -0.3 is 10.1 Å². The molecule has 0 radical (unpaired) electrons. The van der Waals surface area contributed by atoms with Crippen molar-refractivity contribution in [1.29, 1.82) is 0 Å². The summed E-state index contributed by atoms with van der Waals surface area (Å²) >= 11 is 1.54. The quantitative estimate of drug-likeness (QED) is 0.855. The predicted molar refractivity (Wildman–Crippen MR) is 60.2 cm³/mol. The Morgan fingerprint density at radius 1 is 1.73 bits per heavy atom. The van der Waals surface area contributed by atoms with Gasteiger partial charge in [0.25, 0.3) is 5.91 Å². The standard InChI is InChI=1S/C11H15NO2S/c1-8(10-3-2-5-14-10)12-11(13)9-4-6-15-7-9/h4,6-8,10H,2-3,5H2,1H3,(H,12,13)/t8-,10+/m0/s1. The van der Waals surface area contributed by atoms with Crippen LogP contribution in [0.3, 0.4) is 0 Å². The van der Waals surface area contributed by atoms with Crippen molar-refractivity contribution in [2.24, 2.45) is 0 Å². The number of carbonyl (C=O) groups excluding carboxylic acids is 1. The first-order chi connectivity index (χ1) is 7.27. The zero-order valence-electron chi connectivity index (χ0n) is 8.73. The average Bonchev–Trinajstić information content (AvgIpc) is 2.91. The lowest BCUT2D eigenvalue weighted by Gasteiger charge is -2.19. The van der Waals surface area contributed by atoms with E-state index in [0.29, 0.717) is 0 Å². The Morgan fingerprint density at radius 2 is 2.60 bits per heavy atom. The van der Waals surface area contributed by atoms with E-state index in [1.165, 1.54) is 11.3 Å². The summed E-state index contributed by atoms with van der Waals surface area (Å²) in [5.41, 5.74) is 0.741. The highest BCUT2D eigenvalue weighted by Gasteiger charge is 2.23. The number of thiophene rings is 1. The molecule has 1 saturated heterocycles. The maximum Gasteiger partial charge on any atom is 0.252 e. The molecule has 82 valence electrons. The number of hydrogen-bond donors (Lipinski definition) is 1.